The molecule has 0 spiro atoms. The Bertz CT molecular complexity index is 829. The Kier molecular flexibility index (Phi) is 6.65. The third kappa shape index (κ3) is 4.96. The van der Waals surface area contributed by atoms with Gasteiger partial charge in [0.2, 0.25) is 5.69 Å². The van der Waals surface area contributed by atoms with E-state index < -0.39 is 0 Å². The maximum absolute atomic E-state index is 7.23. The molecule has 0 aromatic heterocycles. The average Bonchev–Trinajstić information content (AvgIpc) is 3.08. The predicted molar refractivity (Wildman–Crippen MR) is 115 cm³/mol. The van der Waals surface area contributed by atoms with Crippen LogP contribution < -0.4 is 4.90 Å². The maximum Gasteiger partial charge on any atom is 0.205 e. The molecule has 3 rings (SSSR count). The van der Waals surface area contributed by atoms with Gasteiger partial charge in [-0.1, -0.05) is 61.3 Å². The summed E-state index contributed by atoms with van der Waals surface area (Å²) < 4.78 is 0. The summed E-state index contributed by atoms with van der Waals surface area (Å²) in [6, 6.07) is 14.1. The van der Waals surface area contributed by atoms with Crippen molar-refractivity contribution in [2.45, 2.75) is 32.9 Å². The Morgan fingerprint density at radius 3 is 2.63 bits per heavy atom. The number of anilines is 1. The Morgan fingerprint density at radius 2 is 1.96 bits per heavy atom. The van der Waals surface area contributed by atoms with Gasteiger partial charge in [-0.2, -0.15) is 0 Å². The van der Waals surface area contributed by atoms with E-state index in [0.29, 0.717) is 22.7 Å². The lowest BCUT2D eigenvalue weighted by Gasteiger charge is -2.32. The third-order valence-corrected chi connectivity index (χ3v) is 5.66. The van der Waals surface area contributed by atoms with Crippen LogP contribution in [0, 0.1) is 12.5 Å². The van der Waals surface area contributed by atoms with Crippen LogP contribution in [0.25, 0.3) is 4.85 Å². The number of rotatable bonds is 6. The standard InChI is InChI=1S/C22H25Cl2N3/c1-16(2)13-26-11-10-19(15-26)27(14-17-6-4-5-7-20(17)23)18-8-9-22(25-3)21(24)12-18/h4-9,12,16,19H,10-11,13-15H2,1-2H3/t19-/m0/s1. The Morgan fingerprint density at radius 1 is 1.19 bits per heavy atom. The average molecular weight is 402 g/mol. The number of nitrogens with zero attached hydrogens (tertiary/aromatic N) is 3. The molecule has 1 heterocycles. The van der Waals surface area contributed by atoms with Gasteiger partial charge in [-0.3, -0.25) is 0 Å². The summed E-state index contributed by atoms with van der Waals surface area (Å²) in [5.41, 5.74) is 2.64. The van der Waals surface area contributed by atoms with Crippen LogP contribution in [-0.4, -0.2) is 30.6 Å². The van der Waals surface area contributed by atoms with Gasteiger partial charge in [0.1, 0.15) is 0 Å². The van der Waals surface area contributed by atoms with Crippen LogP contribution in [-0.2, 0) is 6.54 Å². The first-order valence-corrected chi connectivity index (χ1v) is 10.1. The third-order valence-electron chi connectivity index (χ3n) is 4.99. The van der Waals surface area contributed by atoms with Crippen LogP contribution in [0.2, 0.25) is 10.0 Å². The number of halogens is 2. The van der Waals surface area contributed by atoms with Gasteiger partial charge in [-0.15, -0.1) is 0 Å². The van der Waals surface area contributed by atoms with E-state index in [4.69, 9.17) is 29.8 Å². The van der Waals surface area contributed by atoms with E-state index in [0.717, 1.165) is 48.9 Å². The molecule has 1 aliphatic rings. The van der Waals surface area contributed by atoms with Crippen LogP contribution in [0.15, 0.2) is 42.5 Å². The second-order valence-corrected chi connectivity index (χ2v) is 8.38. The fourth-order valence-electron chi connectivity index (χ4n) is 3.76. The minimum absolute atomic E-state index is 0.398. The molecule has 0 bridgehead atoms. The summed E-state index contributed by atoms with van der Waals surface area (Å²) in [7, 11) is 0. The molecule has 27 heavy (non-hydrogen) atoms. The molecule has 1 aliphatic heterocycles. The van der Waals surface area contributed by atoms with Gasteiger partial charge < -0.3 is 9.80 Å². The van der Waals surface area contributed by atoms with Crippen molar-refractivity contribution < 1.29 is 0 Å². The lowest BCUT2D eigenvalue weighted by atomic mass is 10.1. The lowest BCUT2D eigenvalue weighted by molar-refractivity contribution is 0.293. The smallest absolute Gasteiger partial charge is 0.205 e. The minimum Gasteiger partial charge on any atom is -0.363 e. The Balaban J connectivity index is 1.89. The van der Waals surface area contributed by atoms with E-state index in [-0.39, 0.29) is 0 Å². The largest absolute Gasteiger partial charge is 0.363 e. The van der Waals surface area contributed by atoms with Gasteiger partial charge in [-0.05, 0) is 36.1 Å². The first-order chi connectivity index (χ1) is 13.0. The van der Waals surface area contributed by atoms with Crippen molar-refractivity contribution in [1.29, 1.82) is 0 Å². The fourth-order valence-corrected chi connectivity index (χ4v) is 4.17. The summed E-state index contributed by atoms with van der Waals surface area (Å²) in [5, 5.41) is 1.28. The summed E-state index contributed by atoms with van der Waals surface area (Å²) in [4.78, 5) is 8.40. The van der Waals surface area contributed by atoms with Gasteiger partial charge >= 0.3 is 0 Å². The molecule has 0 aliphatic carbocycles. The SMILES string of the molecule is [C-]#[N+]c1ccc(N(Cc2ccccc2Cl)[C@H]2CCN(CC(C)C)C2)cc1Cl. The number of hydrogen-bond acceptors (Lipinski definition) is 2. The monoisotopic (exact) mass is 401 g/mol. The molecule has 2 aromatic rings. The van der Waals surface area contributed by atoms with Crippen molar-refractivity contribution >= 4 is 34.6 Å². The first-order valence-electron chi connectivity index (χ1n) is 9.37. The summed E-state index contributed by atoms with van der Waals surface area (Å²) in [6.45, 7) is 15.7. The topological polar surface area (TPSA) is 10.8 Å². The highest BCUT2D eigenvalue weighted by Gasteiger charge is 2.29. The summed E-state index contributed by atoms with van der Waals surface area (Å²) in [6.07, 6.45) is 1.11. The zero-order valence-corrected chi connectivity index (χ0v) is 17.3. The zero-order chi connectivity index (χ0) is 19.4. The van der Waals surface area contributed by atoms with Crippen molar-refractivity contribution in [3.05, 3.63) is 69.5 Å². The molecule has 0 radical (unpaired) electrons. The van der Waals surface area contributed by atoms with E-state index in [2.05, 4.69) is 34.6 Å². The van der Waals surface area contributed by atoms with Crippen LogP contribution in [0.5, 0.6) is 0 Å². The van der Waals surface area contributed by atoms with Crippen LogP contribution in [0.4, 0.5) is 11.4 Å². The molecule has 0 amide bonds. The molecule has 1 saturated heterocycles. The molecule has 142 valence electrons. The van der Waals surface area contributed by atoms with Crippen molar-refractivity contribution in [2.24, 2.45) is 5.92 Å². The zero-order valence-electron chi connectivity index (χ0n) is 15.8. The van der Waals surface area contributed by atoms with Gasteiger partial charge in [-0.25, -0.2) is 4.85 Å². The van der Waals surface area contributed by atoms with Gasteiger partial charge in [0, 0.05) is 48.0 Å². The van der Waals surface area contributed by atoms with Crippen LogP contribution in [0.3, 0.4) is 0 Å². The number of benzene rings is 2. The lowest BCUT2D eigenvalue weighted by Crippen LogP contribution is -2.38. The molecule has 3 nitrogen and oxygen atoms in total. The van der Waals surface area contributed by atoms with Gasteiger partial charge in [0.25, 0.3) is 0 Å². The summed E-state index contributed by atoms with van der Waals surface area (Å²) in [5.74, 6) is 0.660. The van der Waals surface area contributed by atoms with Gasteiger partial charge in [0.15, 0.2) is 0 Å². The quantitative estimate of drug-likeness (QED) is 0.527. The van der Waals surface area contributed by atoms with E-state index in [9.17, 15) is 0 Å². The molecule has 0 N–H and O–H groups in total. The maximum atomic E-state index is 7.23. The molecule has 2 aromatic carbocycles. The highest BCUT2D eigenvalue weighted by molar-refractivity contribution is 6.33. The minimum atomic E-state index is 0.398. The molecule has 0 saturated carbocycles. The molecule has 1 atom stereocenters. The molecule has 0 unspecified atom stereocenters. The molecule has 1 fully saturated rings. The Hall–Kier alpha value is -1.73. The second-order valence-electron chi connectivity index (χ2n) is 7.56. The van der Waals surface area contributed by atoms with E-state index in [1.54, 1.807) is 0 Å². The van der Waals surface area contributed by atoms with Crippen molar-refractivity contribution in [3.8, 4) is 0 Å². The van der Waals surface area contributed by atoms with Crippen LogP contribution in [0.1, 0.15) is 25.8 Å². The number of hydrogen-bond donors (Lipinski definition) is 0. The fraction of sp³-hybridized carbons (Fsp3) is 0.409. The van der Waals surface area contributed by atoms with E-state index in [1.165, 1.54) is 0 Å². The Labute approximate surface area is 172 Å². The van der Waals surface area contributed by atoms with Crippen molar-refractivity contribution in [3.63, 3.8) is 0 Å². The van der Waals surface area contributed by atoms with Crippen molar-refractivity contribution in [2.75, 3.05) is 24.5 Å². The second kappa shape index (κ2) is 8.97. The highest BCUT2D eigenvalue weighted by Crippen LogP contribution is 2.33. The first kappa shape index (κ1) is 20.0. The van der Waals surface area contributed by atoms with Crippen molar-refractivity contribution in [1.82, 2.24) is 4.90 Å². The number of likely N-dealkylation sites (tertiary alicyclic amines) is 1. The molecular formula is C22H25Cl2N3. The normalized spacial score (nSPS) is 17.3. The highest BCUT2D eigenvalue weighted by atomic mass is 35.5. The van der Waals surface area contributed by atoms with Crippen LogP contribution >= 0.6 is 23.2 Å². The molecule has 5 heteroatoms. The predicted octanol–water partition coefficient (Wildman–Crippen LogP) is 6.28. The van der Waals surface area contributed by atoms with E-state index in [1.807, 2.05) is 36.4 Å². The van der Waals surface area contributed by atoms with Gasteiger partial charge in [0.05, 0.1) is 6.57 Å². The summed E-state index contributed by atoms with van der Waals surface area (Å²) >= 11 is 12.8. The van der Waals surface area contributed by atoms with E-state index >= 15 is 0 Å². The molecular weight excluding hydrogens is 377 g/mol.